The lowest BCUT2D eigenvalue weighted by atomic mass is 9.93. The maximum Gasteiger partial charge on any atom is 0.165 e. The molecule has 0 N–H and O–H groups in total. The van der Waals surface area contributed by atoms with Gasteiger partial charge in [0, 0.05) is 21.2 Å². The van der Waals surface area contributed by atoms with E-state index in [0.29, 0.717) is 17.5 Å². The molecule has 0 saturated heterocycles. The Morgan fingerprint density at radius 1 is 0.378 bits per heavy atom. The molecule has 6 aromatic carbocycles. The Labute approximate surface area is 222 Å². The first-order chi connectivity index (χ1) is 18.3. The number of rotatable bonds is 3. The van der Waals surface area contributed by atoms with Crippen LogP contribution in [-0.4, -0.2) is 15.0 Å². The molecule has 0 atom stereocenters. The van der Waals surface area contributed by atoms with Gasteiger partial charge in [0.2, 0.25) is 0 Å². The lowest BCUT2D eigenvalue weighted by molar-refractivity contribution is 1.07. The highest BCUT2D eigenvalue weighted by molar-refractivity contribution is 9.10. The van der Waals surface area contributed by atoms with Crippen LogP contribution in [0.3, 0.4) is 0 Å². The summed E-state index contributed by atoms with van der Waals surface area (Å²) >= 11 is 3.87. The van der Waals surface area contributed by atoms with Crippen LogP contribution in [0.25, 0.3) is 66.5 Å². The van der Waals surface area contributed by atoms with Crippen LogP contribution in [0.4, 0.5) is 0 Å². The van der Waals surface area contributed by atoms with Crippen molar-refractivity contribution in [3.8, 4) is 34.2 Å². The Morgan fingerprint density at radius 3 is 1.24 bits per heavy atom. The van der Waals surface area contributed by atoms with E-state index in [0.717, 1.165) is 21.2 Å². The summed E-state index contributed by atoms with van der Waals surface area (Å²) in [4.78, 5) is 14.8. The van der Waals surface area contributed by atoms with Crippen molar-refractivity contribution in [1.29, 1.82) is 0 Å². The summed E-state index contributed by atoms with van der Waals surface area (Å²) in [6.45, 7) is 0. The molecule has 37 heavy (non-hydrogen) atoms. The van der Waals surface area contributed by atoms with E-state index in [1.54, 1.807) is 0 Å². The molecule has 174 valence electrons. The van der Waals surface area contributed by atoms with Gasteiger partial charge in [-0.25, -0.2) is 15.0 Å². The van der Waals surface area contributed by atoms with Gasteiger partial charge < -0.3 is 0 Å². The molecule has 0 fully saturated rings. The predicted molar refractivity (Wildman–Crippen MR) is 156 cm³/mol. The summed E-state index contributed by atoms with van der Waals surface area (Å²) in [5.74, 6) is 1.94. The highest BCUT2D eigenvalue weighted by atomic mass is 79.9. The minimum Gasteiger partial charge on any atom is -0.208 e. The highest BCUT2D eigenvalue weighted by Crippen LogP contribution is 2.40. The molecule has 4 heteroatoms. The van der Waals surface area contributed by atoms with E-state index in [9.17, 15) is 0 Å². The molecule has 0 aliphatic heterocycles. The third kappa shape index (κ3) is 3.78. The van der Waals surface area contributed by atoms with Crippen LogP contribution in [0.5, 0.6) is 0 Å². The normalized spacial score (nSPS) is 11.4. The maximum absolute atomic E-state index is 4.96. The van der Waals surface area contributed by atoms with Gasteiger partial charge in [0.25, 0.3) is 0 Å². The van der Waals surface area contributed by atoms with Crippen LogP contribution in [-0.2, 0) is 0 Å². The minimum atomic E-state index is 0.638. The Kier molecular flexibility index (Phi) is 5.26. The van der Waals surface area contributed by atoms with E-state index in [-0.39, 0.29) is 0 Å². The van der Waals surface area contributed by atoms with Crippen molar-refractivity contribution in [1.82, 2.24) is 15.0 Å². The van der Waals surface area contributed by atoms with Gasteiger partial charge in [0.05, 0.1) is 0 Å². The molecule has 7 rings (SSSR count). The van der Waals surface area contributed by atoms with E-state index < -0.39 is 0 Å². The topological polar surface area (TPSA) is 38.7 Å². The molecule has 0 saturated carbocycles. The van der Waals surface area contributed by atoms with Gasteiger partial charge in [0.15, 0.2) is 17.5 Å². The van der Waals surface area contributed by atoms with Gasteiger partial charge in [0.1, 0.15) is 0 Å². The van der Waals surface area contributed by atoms with Crippen LogP contribution in [0, 0.1) is 0 Å². The lowest BCUT2D eigenvalue weighted by Gasteiger charge is -2.14. The smallest absolute Gasteiger partial charge is 0.165 e. The van der Waals surface area contributed by atoms with Crippen LogP contribution < -0.4 is 0 Å². The van der Waals surface area contributed by atoms with Gasteiger partial charge in [-0.2, -0.15) is 0 Å². The zero-order valence-corrected chi connectivity index (χ0v) is 21.4. The largest absolute Gasteiger partial charge is 0.208 e. The lowest BCUT2D eigenvalue weighted by Crippen LogP contribution is -2.00. The second-order valence-electron chi connectivity index (χ2n) is 9.01. The summed E-state index contributed by atoms with van der Waals surface area (Å²) in [5.41, 5.74) is 2.85. The Bertz CT molecular complexity index is 1880. The molecule has 0 unspecified atom stereocenters. The SMILES string of the molecule is Brc1cc2c3ccccc3c3ccccc3c2cc1-c1nc(-c2ccccc2)nc(-c2ccccc2)n1. The standard InChI is InChI=1S/C33H20BrN3/c34-30-20-28-26-18-10-8-16-24(26)23-15-7-9-17-25(23)27(28)19-29(30)33-36-31(21-11-3-1-4-12-21)35-32(37-33)22-13-5-2-6-14-22/h1-20H. The molecular weight excluding hydrogens is 518 g/mol. The van der Waals surface area contributed by atoms with E-state index in [4.69, 9.17) is 15.0 Å². The summed E-state index contributed by atoms with van der Waals surface area (Å²) in [7, 11) is 0. The van der Waals surface area contributed by atoms with E-state index in [2.05, 4.69) is 76.6 Å². The molecule has 0 spiro atoms. The van der Waals surface area contributed by atoms with Crippen LogP contribution in [0.1, 0.15) is 0 Å². The third-order valence-electron chi connectivity index (χ3n) is 6.77. The summed E-state index contributed by atoms with van der Waals surface area (Å²) < 4.78 is 0.949. The number of hydrogen-bond acceptors (Lipinski definition) is 3. The van der Waals surface area contributed by atoms with Crippen molar-refractivity contribution in [3.63, 3.8) is 0 Å². The first kappa shape index (κ1) is 21.8. The van der Waals surface area contributed by atoms with Gasteiger partial charge in [-0.3, -0.25) is 0 Å². The Hall–Kier alpha value is -4.41. The van der Waals surface area contributed by atoms with Crippen molar-refractivity contribution in [2.45, 2.75) is 0 Å². The van der Waals surface area contributed by atoms with Gasteiger partial charge in [-0.15, -0.1) is 0 Å². The molecule has 0 aliphatic carbocycles. The average molecular weight is 538 g/mol. The monoisotopic (exact) mass is 537 g/mol. The molecule has 0 aliphatic rings. The predicted octanol–water partition coefficient (Wildman–Crippen LogP) is 9.09. The Balaban J connectivity index is 1.54. The van der Waals surface area contributed by atoms with Gasteiger partial charge in [-0.05, 0) is 44.5 Å². The molecule has 1 heterocycles. The highest BCUT2D eigenvalue weighted by Gasteiger charge is 2.17. The second kappa shape index (κ2) is 8.91. The van der Waals surface area contributed by atoms with E-state index >= 15 is 0 Å². The van der Waals surface area contributed by atoms with Crippen molar-refractivity contribution in [2.24, 2.45) is 0 Å². The summed E-state index contributed by atoms with van der Waals surface area (Å²) in [6, 6.07) is 41.7. The first-order valence-corrected chi connectivity index (χ1v) is 13.0. The van der Waals surface area contributed by atoms with Crippen molar-refractivity contribution in [3.05, 3.63) is 126 Å². The molecule has 0 bridgehead atoms. The third-order valence-corrected chi connectivity index (χ3v) is 7.43. The average Bonchev–Trinajstić information content (AvgIpc) is 2.98. The maximum atomic E-state index is 4.96. The van der Waals surface area contributed by atoms with Crippen molar-refractivity contribution < 1.29 is 0 Å². The van der Waals surface area contributed by atoms with Gasteiger partial charge >= 0.3 is 0 Å². The fraction of sp³-hybridized carbons (Fsp3) is 0. The number of aromatic nitrogens is 3. The van der Waals surface area contributed by atoms with Crippen LogP contribution in [0.15, 0.2) is 126 Å². The number of benzene rings is 6. The Morgan fingerprint density at radius 2 is 0.757 bits per heavy atom. The van der Waals surface area contributed by atoms with Crippen LogP contribution >= 0.6 is 15.9 Å². The van der Waals surface area contributed by atoms with Crippen molar-refractivity contribution >= 4 is 48.2 Å². The molecule has 7 aromatic rings. The number of nitrogens with zero attached hydrogens (tertiary/aromatic N) is 3. The zero-order chi connectivity index (χ0) is 24.8. The number of halogens is 1. The quantitative estimate of drug-likeness (QED) is 0.211. The molecule has 0 amide bonds. The fourth-order valence-electron chi connectivity index (χ4n) is 5.03. The van der Waals surface area contributed by atoms with Gasteiger partial charge in [-0.1, -0.05) is 125 Å². The fourth-order valence-corrected chi connectivity index (χ4v) is 5.55. The first-order valence-electron chi connectivity index (χ1n) is 12.2. The number of fused-ring (bicyclic) bond motifs is 6. The minimum absolute atomic E-state index is 0.638. The van der Waals surface area contributed by atoms with Crippen molar-refractivity contribution in [2.75, 3.05) is 0 Å². The molecule has 1 aromatic heterocycles. The summed E-state index contributed by atoms with van der Waals surface area (Å²) in [6.07, 6.45) is 0. The summed E-state index contributed by atoms with van der Waals surface area (Å²) in [5, 5.41) is 7.31. The number of hydrogen-bond donors (Lipinski definition) is 0. The second-order valence-corrected chi connectivity index (χ2v) is 9.86. The van der Waals surface area contributed by atoms with E-state index in [1.165, 1.54) is 32.3 Å². The molecule has 0 radical (unpaired) electrons. The molecule has 3 nitrogen and oxygen atoms in total. The molecular formula is C33H20BrN3. The van der Waals surface area contributed by atoms with Crippen LogP contribution in [0.2, 0.25) is 0 Å². The van der Waals surface area contributed by atoms with E-state index in [1.807, 2.05) is 60.7 Å². The zero-order valence-electron chi connectivity index (χ0n) is 19.8.